The topological polar surface area (TPSA) is 15.3 Å². The van der Waals surface area contributed by atoms with Crippen LogP contribution >= 0.6 is 0 Å². The van der Waals surface area contributed by atoms with Gasteiger partial charge in [0, 0.05) is 11.6 Å². The summed E-state index contributed by atoms with van der Waals surface area (Å²) in [4.78, 5) is 2.65. The van der Waals surface area contributed by atoms with E-state index < -0.39 is 0 Å². The van der Waals surface area contributed by atoms with Crippen LogP contribution < -0.4 is 5.32 Å². The molecule has 1 aliphatic rings. The lowest BCUT2D eigenvalue weighted by atomic mass is 9.72. The van der Waals surface area contributed by atoms with E-state index in [2.05, 4.69) is 51.8 Å². The standard InChI is InChI=1S/C19H40N2/c1-7-15-20-18(19(5,6)21(9-3)10-4)17-13-11-16(8-2)12-14-17/h16-18,20H,7-15H2,1-6H3. The third-order valence-corrected chi connectivity index (χ3v) is 5.89. The van der Waals surface area contributed by atoms with Crippen LogP contribution in [-0.2, 0) is 0 Å². The molecule has 2 nitrogen and oxygen atoms in total. The molecule has 1 fully saturated rings. The van der Waals surface area contributed by atoms with E-state index in [0.29, 0.717) is 6.04 Å². The van der Waals surface area contributed by atoms with Crippen molar-refractivity contribution in [3.8, 4) is 0 Å². The van der Waals surface area contributed by atoms with Gasteiger partial charge in [0.2, 0.25) is 0 Å². The fraction of sp³-hybridized carbons (Fsp3) is 1.00. The minimum absolute atomic E-state index is 0.252. The molecular weight excluding hydrogens is 256 g/mol. The fourth-order valence-corrected chi connectivity index (χ4v) is 4.46. The van der Waals surface area contributed by atoms with Crippen molar-refractivity contribution in [1.29, 1.82) is 0 Å². The van der Waals surface area contributed by atoms with Crippen LogP contribution in [0.15, 0.2) is 0 Å². The van der Waals surface area contributed by atoms with Gasteiger partial charge in [0.25, 0.3) is 0 Å². The largest absolute Gasteiger partial charge is 0.312 e. The molecule has 0 radical (unpaired) electrons. The van der Waals surface area contributed by atoms with Gasteiger partial charge in [-0.25, -0.2) is 0 Å². The van der Waals surface area contributed by atoms with Gasteiger partial charge in [-0.05, 0) is 64.6 Å². The Labute approximate surface area is 134 Å². The lowest BCUT2D eigenvalue weighted by Gasteiger charge is -2.48. The van der Waals surface area contributed by atoms with E-state index >= 15 is 0 Å². The lowest BCUT2D eigenvalue weighted by molar-refractivity contribution is 0.0492. The smallest absolute Gasteiger partial charge is 0.0308 e. The first-order valence-corrected chi connectivity index (χ1v) is 9.49. The predicted octanol–water partition coefficient (Wildman–Crippen LogP) is 4.69. The lowest BCUT2D eigenvalue weighted by Crippen LogP contribution is -2.61. The molecule has 0 aromatic heterocycles. The Hall–Kier alpha value is -0.0800. The summed E-state index contributed by atoms with van der Waals surface area (Å²) < 4.78 is 0. The number of hydrogen-bond acceptors (Lipinski definition) is 2. The Morgan fingerprint density at radius 3 is 2.00 bits per heavy atom. The Morgan fingerprint density at radius 1 is 1.00 bits per heavy atom. The third kappa shape index (κ3) is 4.96. The predicted molar refractivity (Wildman–Crippen MR) is 94.8 cm³/mol. The number of rotatable bonds is 9. The van der Waals surface area contributed by atoms with E-state index in [-0.39, 0.29) is 5.54 Å². The molecule has 0 aromatic rings. The van der Waals surface area contributed by atoms with Crippen LogP contribution in [0, 0.1) is 11.8 Å². The molecular formula is C19H40N2. The molecule has 0 aromatic carbocycles. The maximum atomic E-state index is 3.92. The Morgan fingerprint density at radius 2 is 1.57 bits per heavy atom. The minimum atomic E-state index is 0.252. The van der Waals surface area contributed by atoms with Gasteiger partial charge < -0.3 is 5.32 Å². The maximum absolute atomic E-state index is 3.92. The molecule has 0 saturated heterocycles. The molecule has 1 aliphatic carbocycles. The highest BCUT2D eigenvalue weighted by atomic mass is 15.2. The average Bonchev–Trinajstić information content (AvgIpc) is 2.49. The second-order valence-electron chi connectivity index (χ2n) is 7.45. The molecule has 0 amide bonds. The quantitative estimate of drug-likeness (QED) is 0.664. The fourth-order valence-electron chi connectivity index (χ4n) is 4.46. The van der Waals surface area contributed by atoms with Gasteiger partial charge in [-0.2, -0.15) is 0 Å². The third-order valence-electron chi connectivity index (χ3n) is 5.89. The van der Waals surface area contributed by atoms with Crippen molar-refractivity contribution in [2.24, 2.45) is 11.8 Å². The molecule has 0 spiro atoms. The molecule has 126 valence electrons. The summed E-state index contributed by atoms with van der Waals surface area (Å²) in [5.41, 5.74) is 0.252. The number of likely N-dealkylation sites (N-methyl/N-ethyl adjacent to an activating group) is 1. The molecule has 2 heteroatoms. The molecule has 0 aliphatic heterocycles. The van der Waals surface area contributed by atoms with Gasteiger partial charge in [0.15, 0.2) is 0 Å². The normalized spacial score (nSPS) is 25.3. The maximum Gasteiger partial charge on any atom is 0.0308 e. The molecule has 1 saturated carbocycles. The van der Waals surface area contributed by atoms with Crippen LogP contribution in [-0.4, -0.2) is 36.1 Å². The van der Waals surface area contributed by atoms with Crippen LogP contribution in [0.3, 0.4) is 0 Å². The molecule has 1 N–H and O–H groups in total. The summed E-state index contributed by atoms with van der Waals surface area (Å²) >= 11 is 0. The van der Waals surface area contributed by atoms with Crippen molar-refractivity contribution < 1.29 is 0 Å². The van der Waals surface area contributed by atoms with Gasteiger partial charge in [-0.15, -0.1) is 0 Å². The Kier molecular flexibility index (Phi) is 8.26. The van der Waals surface area contributed by atoms with Gasteiger partial charge in [-0.1, -0.05) is 47.0 Å². The number of nitrogens with zero attached hydrogens (tertiary/aromatic N) is 1. The van der Waals surface area contributed by atoms with E-state index in [9.17, 15) is 0 Å². The zero-order chi connectivity index (χ0) is 15.9. The van der Waals surface area contributed by atoms with Gasteiger partial charge in [0.1, 0.15) is 0 Å². The highest BCUT2D eigenvalue weighted by Gasteiger charge is 2.39. The highest BCUT2D eigenvalue weighted by Crippen LogP contribution is 2.37. The van der Waals surface area contributed by atoms with Crippen LogP contribution in [0.5, 0.6) is 0 Å². The second kappa shape index (κ2) is 9.15. The zero-order valence-electron chi connectivity index (χ0n) is 15.5. The first-order chi connectivity index (χ1) is 10.0. The first-order valence-electron chi connectivity index (χ1n) is 9.49. The van der Waals surface area contributed by atoms with E-state index in [4.69, 9.17) is 0 Å². The van der Waals surface area contributed by atoms with E-state index in [0.717, 1.165) is 31.5 Å². The van der Waals surface area contributed by atoms with E-state index in [1.54, 1.807) is 0 Å². The summed E-state index contributed by atoms with van der Waals surface area (Å²) in [6, 6.07) is 0.634. The molecule has 1 rings (SSSR count). The molecule has 1 unspecified atom stereocenters. The van der Waals surface area contributed by atoms with Crippen molar-refractivity contribution in [3.63, 3.8) is 0 Å². The summed E-state index contributed by atoms with van der Waals surface area (Å²) in [5.74, 6) is 1.85. The number of nitrogens with one attached hydrogen (secondary N) is 1. The molecule has 21 heavy (non-hydrogen) atoms. The van der Waals surface area contributed by atoms with Crippen LogP contribution in [0.2, 0.25) is 0 Å². The van der Waals surface area contributed by atoms with Crippen molar-refractivity contribution >= 4 is 0 Å². The van der Waals surface area contributed by atoms with Crippen molar-refractivity contribution in [2.45, 2.75) is 91.6 Å². The summed E-state index contributed by atoms with van der Waals surface area (Å²) in [6.07, 6.45) is 8.34. The van der Waals surface area contributed by atoms with Crippen molar-refractivity contribution in [1.82, 2.24) is 10.2 Å². The van der Waals surface area contributed by atoms with Crippen LogP contribution in [0.1, 0.15) is 80.1 Å². The average molecular weight is 297 g/mol. The summed E-state index contributed by atoms with van der Waals surface area (Å²) in [7, 11) is 0. The highest BCUT2D eigenvalue weighted by molar-refractivity contribution is 4.98. The van der Waals surface area contributed by atoms with Crippen LogP contribution in [0.4, 0.5) is 0 Å². The van der Waals surface area contributed by atoms with Gasteiger partial charge in [-0.3, -0.25) is 4.90 Å². The minimum Gasteiger partial charge on any atom is -0.312 e. The molecule has 0 bridgehead atoms. The van der Waals surface area contributed by atoms with Crippen molar-refractivity contribution in [2.75, 3.05) is 19.6 Å². The summed E-state index contributed by atoms with van der Waals surface area (Å²) in [6.45, 7) is 17.6. The Balaban J connectivity index is 2.79. The Bertz CT molecular complexity index is 263. The van der Waals surface area contributed by atoms with E-state index in [1.807, 2.05) is 0 Å². The monoisotopic (exact) mass is 296 g/mol. The molecule has 0 heterocycles. The second-order valence-corrected chi connectivity index (χ2v) is 7.45. The first kappa shape index (κ1) is 19.0. The van der Waals surface area contributed by atoms with Gasteiger partial charge in [0.05, 0.1) is 0 Å². The SMILES string of the molecule is CCCNC(C1CCC(CC)CC1)C(C)(C)N(CC)CC. The van der Waals surface area contributed by atoms with Gasteiger partial charge >= 0.3 is 0 Å². The van der Waals surface area contributed by atoms with Crippen molar-refractivity contribution in [3.05, 3.63) is 0 Å². The van der Waals surface area contributed by atoms with E-state index in [1.165, 1.54) is 38.5 Å². The number of hydrogen-bond donors (Lipinski definition) is 1. The summed E-state index contributed by atoms with van der Waals surface area (Å²) in [5, 5.41) is 3.92. The molecule has 1 atom stereocenters. The van der Waals surface area contributed by atoms with Crippen LogP contribution in [0.25, 0.3) is 0 Å². The zero-order valence-corrected chi connectivity index (χ0v) is 15.5.